The van der Waals surface area contributed by atoms with Crippen molar-refractivity contribution >= 4 is 16.9 Å². The van der Waals surface area contributed by atoms with Crippen LogP contribution in [0.25, 0.3) is 22.4 Å². The fourth-order valence-electron chi connectivity index (χ4n) is 3.83. The van der Waals surface area contributed by atoms with Crippen molar-refractivity contribution in [1.29, 1.82) is 0 Å². The Hall–Kier alpha value is -3.40. The summed E-state index contributed by atoms with van der Waals surface area (Å²) in [5, 5.41) is 9.31. The van der Waals surface area contributed by atoms with Gasteiger partial charge in [-0.1, -0.05) is 17.3 Å². The highest BCUT2D eigenvalue weighted by molar-refractivity contribution is 5.87. The number of piperazine rings is 1. The minimum Gasteiger partial charge on any atom is -0.353 e. The van der Waals surface area contributed by atoms with Crippen LogP contribution in [-0.2, 0) is 13.6 Å². The Morgan fingerprint density at radius 3 is 2.65 bits per heavy atom. The molecule has 0 amide bonds. The van der Waals surface area contributed by atoms with Crippen molar-refractivity contribution in [2.45, 2.75) is 20.4 Å². The number of hydrogen-bond donors (Lipinski definition) is 0. The number of anilines is 1. The summed E-state index contributed by atoms with van der Waals surface area (Å²) in [6.45, 7) is 7.50. The first-order valence-electron chi connectivity index (χ1n) is 10.2. The lowest BCUT2D eigenvalue weighted by molar-refractivity contribution is 0.215. The van der Waals surface area contributed by atoms with E-state index in [0.717, 1.165) is 48.9 Å². The van der Waals surface area contributed by atoms with E-state index < -0.39 is 0 Å². The number of rotatable bonds is 4. The van der Waals surface area contributed by atoms with Gasteiger partial charge in [-0.2, -0.15) is 10.1 Å². The van der Waals surface area contributed by atoms with Crippen LogP contribution in [-0.4, -0.2) is 61.0 Å². The van der Waals surface area contributed by atoms with E-state index in [2.05, 4.69) is 35.0 Å². The Balaban J connectivity index is 1.26. The summed E-state index contributed by atoms with van der Waals surface area (Å²) in [4.78, 5) is 18.1. The Morgan fingerprint density at radius 1 is 1.06 bits per heavy atom. The number of benzene rings is 1. The minimum atomic E-state index is -0.275. The average Bonchev–Trinajstić information content (AvgIpc) is 3.37. The molecular formula is C21H23FN8O. The third kappa shape index (κ3) is 3.74. The Labute approximate surface area is 178 Å². The number of aromatic nitrogens is 6. The van der Waals surface area contributed by atoms with Gasteiger partial charge in [0.15, 0.2) is 5.65 Å². The van der Waals surface area contributed by atoms with Crippen LogP contribution in [0.5, 0.6) is 0 Å². The molecule has 0 N–H and O–H groups in total. The van der Waals surface area contributed by atoms with Crippen molar-refractivity contribution in [3.63, 3.8) is 0 Å². The Morgan fingerprint density at radius 2 is 1.87 bits per heavy atom. The predicted molar refractivity (Wildman–Crippen MR) is 113 cm³/mol. The maximum Gasteiger partial charge on any atom is 0.241 e. The van der Waals surface area contributed by atoms with E-state index in [-0.39, 0.29) is 5.82 Å². The molecule has 10 heteroatoms. The van der Waals surface area contributed by atoms with Gasteiger partial charge in [-0.05, 0) is 25.5 Å². The molecule has 0 spiro atoms. The lowest BCUT2D eigenvalue weighted by Crippen LogP contribution is -2.46. The molecule has 1 saturated heterocycles. The van der Waals surface area contributed by atoms with Crippen molar-refractivity contribution in [2.75, 3.05) is 31.1 Å². The molecule has 4 heterocycles. The van der Waals surface area contributed by atoms with Gasteiger partial charge in [-0.3, -0.25) is 9.58 Å². The topological polar surface area (TPSA) is 89.0 Å². The molecule has 1 aliphatic rings. The molecule has 160 valence electrons. The first-order valence-corrected chi connectivity index (χ1v) is 10.2. The second kappa shape index (κ2) is 7.69. The minimum absolute atomic E-state index is 0.275. The van der Waals surface area contributed by atoms with Gasteiger partial charge in [0.05, 0.1) is 18.1 Å². The smallest absolute Gasteiger partial charge is 0.241 e. The SMILES string of the molecule is Cc1nc(N2CCN(Cc3nc(-c4ccc(C)c(F)c4)no3)CC2)c2cnn(C)c2n1. The summed E-state index contributed by atoms with van der Waals surface area (Å²) >= 11 is 0. The summed E-state index contributed by atoms with van der Waals surface area (Å²) in [7, 11) is 1.89. The fourth-order valence-corrected chi connectivity index (χ4v) is 3.83. The molecule has 0 bridgehead atoms. The predicted octanol–water partition coefficient (Wildman–Crippen LogP) is 2.49. The van der Waals surface area contributed by atoms with Crippen molar-refractivity contribution in [2.24, 2.45) is 7.05 Å². The highest BCUT2D eigenvalue weighted by Crippen LogP contribution is 2.25. The lowest BCUT2D eigenvalue weighted by Gasteiger charge is -2.34. The quantitative estimate of drug-likeness (QED) is 0.496. The molecule has 0 aliphatic carbocycles. The van der Waals surface area contributed by atoms with E-state index in [9.17, 15) is 4.39 Å². The summed E-state index contributed by atoms with van der Waals surface area (Å²) in [6.07, 6.45) is 1.82. The fraction of sp³-hybridized carbons (Fsp3) is 0.381. The van der Waals surface area contributed by atoms with Crippen LogP contribution in [0.1, 0.15) is 17.3 Å². The third-order valence-corrected chi connectivity index (χ3v) is 5.61. The maximum atomic E-state index is 13.8. The number of aryl methyl sites for hydroxylation is 3. The van der Waals surface area contributed by atoms with Gasteiger partial charge in [-0.15, -0.1) is 0 Å². The van der Waals surface area contributed by atoms with E-state index in [1.165, 1.54) is 6.07 Å². The van der Waals surface area contributed by atoms with Gasteiger partial charge in [0.1, 0.15) is 17.5 Å². The highest BCUT2D eigenvalue weighted by atomic mass is 19.1. The number of fused-ring (bicyclic) bond motifs is 1. The summed E-state index contributed by atoms with van der Waals surface area (Å²) < 4.78 is 21.0. The van der Waals surface area contributed by atoms with Gasteiger partial charge in [-0.25, -0.2) is 14.4 Å². The van der Waals surface area contributed by atoms with Gasteiger partial charge in [0.2, 0.25) is 11.7 Å². The lowest BCUT2D eigenvalue weighted by atomic mass is 10.1. The van der Waals surface area contributed by atoms with E-state index in [4.69, 9.17) is 4.52 Å². The van der Waals surface area contributed by atoms with Crippen LogP contribution in [0.3, 0.4) is 0 Å². The maximum absolute atomic E-state index is 13.8. The van der Waals surface area contributed by atoms with E-state index >= 15 is 0 Å². The van der Waals surface area contributed by atoms with Gasteiger partial charge >= 0.3 is 0 Å². The second-order valence-electron chi connectivity index (χ2n) is 7.84. The van der Waals surface area contributed by atoms with Crippen molar-refractivity contribution in [3.05, 3.63) is 47.5 Å². The molecule has 0 saturated carbocycles. The average molecular weight is 422 g/mol. The van der Waals surface area contributed by atoms with Crippen LogP contribution in [0.2, 0.25) is 0 Å². The van der Waals surface area contributed by atoms with Crippen LogP contribution in [0, 0.1) is 19.7 Å². The molecule has 0 unspecified atom stereocenters. The van der Waals surface area contributed by atoms with Gasteiger partial charge in [0.25, 0.3) is 0 Å². The van der Waals surface area contributed by atoms with Crippen molar-refractivity contribution < 1.29 is 8.91 Å². The van der Waals surface area contributed by atoms with Crippen LogP contribution >= 0.6 is 0 Å². The zero-order chi connectivity index (χ0) is 21.5. The number of hydrogen-bond acceptors (Lipinski definition) is 8. The van der Waals surface area contributed by atoms with Crippen LogP contribution in [0.15, 0.2) is 28.9 Å². The first-order chi connectivity index (χ1) is 15.0. The molecular weight excluding hydrogens is 399 g/mol. The van der Waals surface area contributed by atoms with Gasteiger partial charge < -0.3 is 9.42 Å². The molecule has 4 aromatic rings. The van der Waals surface area contributed by atoms with E-state index in [0.29, 0.717) is 29.4 Å². The molecule has 31 heavy (non-hydrogen) atoms. The molecule has 1 fully saturated rings. The summed E-state index contributed by atoms with van der Waals surface area (Å²) in [6, 6.07) is 4.95. The van der Waals surface area contributed by atoms with Crippen molar-refractivity contribution in [3.8, 4) is 11.4 Å². The molecule has 1 aliphatic heterocycles. The first kappa shape index (κ1) is 19.6. The highest BCUT2D eigenvalue weighted by Gasteiger charge is 2.23. The van der Waals surface area contributed by atoms with Crippen LogP contribution < -0.4 is 4.90 Å². The Bertz CT molecular complexity index is 1240. The summed E-state index contributed by atoms with van der Waals surface area (Å²) in [5.74, 6) is 2.32. The number of nitrogens with zero attached hydrogens (tertiary/aromatic N) is 8. The third-order valence-electron chi connectivity index (χ3n) is 5.61. The Kier molecular flexibility index (Phi) is 4.85. The van der Waals surface area contributed by atoms with Crippen molar-refractivity contribution in [1.82, 2.24) is 34.8 Å². The zero-order valence-corrected chi connectivity index (χ0v) is 17.7. The van der Waals surface area contributed by atoms with Crippen LogP contribution in [0.4, 0.5) is 10.2 Å². The number of halogens is 1. The molecule has 3 aromatic heterocycles. The standard InChI is InChI=1S/C21H23FN8O/c1-13-4-5-15(10-17(13)22)19-26-18(31-27-19)12-29-6-8-30(9-7-29)21-16-11-23-28(3)20(16)24-14(2)25-21/h4-5,10-11H,6-9,12H2,1-3H3. The molecule has 0 atom stereocenters. The van der Waals surface area contributed by atoms with E-state index in [1.807, 2.05) is 20.2 Å². The largest absolute Gasteiger partial charge is 0.353 e. The second-order valence-corrected chi connectivity index (χ2v) is 7.84. The molecule has 0 radical (unpaired) electrons. The van der Waals surface area contributed by atoms with E-state index in [1.54, 1.807) is 23.7 Å². The molecule has 1 aromatic carbocycles. The monoisotopic (exact) mass is 422 g/mol. The molecule has 9 nitrogen and oxygen atoms in total. The molecule has 5 rings (SSSR count). The summed E-state index contributed by atoms with van der Waals surface area (Å²) in [5.41, 5.74) is 2.05. The normalized spacial score (nSPS) is 15.2. The van der Waals surface area contributed by atoms with Gasteiger partial charge in [0, 0.05) is 38.8 Å². The zero-order valence-electron chi connectivity index (χ0n) is 17.7.